The highest BCUT2D eigenvalue weighted by Crippen LogP contribution is 2.29. The van der Waals surface area contributed by atoms with Crippen molar-refractivity contribution in [3.8, 4) is 5.75 Å². The fourth-order valence-electron chi connectivity index (χ4n) is 4.75. The first-order chi connectivity index (χ1) is 17.4. The molecule has 0 amide bonds. The van der Waals surface area contributed by atoms with Gasteiger partial charge in [-0.05, 0) is 60.8 Å². The lowest BCUT2D eigenvalue weighted by Gasteiger charge is -2.37. The quantitative estimate of drug-likeness (QED) is 0.373. The van der Waals surface area contributed by atoms with E-state index in [4.69, 9.17) is 16.3 Å². The van der Waals surface area contributed by atoms with Crippen LogP contribution in [0.1, 0.15) is 17.9 Å². The molecular weight excluding hydrogens is 494 g/mol. The van der Waals surface area contributed by atoms with Gasteiger partial charge in [0.15, 0.2) is 0 Å². The molecule has 3 aromatic carbocycles. The molecule has 0 radical (unpaired) electrons. The van der Waals surface area contributed by atoms with Crippen LogP contribution in [0.15, 0.2) is 83.8 Å². The normalized spacial score (nSPS) is 15.7. The molecule has 1 aliphatic rings. The van der Waals surface area contributed by atoms with Gasteiger partial charge in [0.25, 0.3) is 0 Å². The average Bonchev–Trinajstić information content (AvgIpc) is 2.91. The summed E-state index contributed by atoms with van der Waals surface area (Å²) in [6, 6.07) is 24.5. The van der Waals surface area contributed by atoms with Crippen LogP contribution in [0, 0.1) is 0 Å². The summed E-state index contributed by atoms with van der Waals surface area (Å²) in [6.45, 7) is 5.00. The van der Waals surface area contributed by atoms with E-state index in [1.807, 2.05) is 48.5 Å². The van der Waals surface area contributed by atoms with Crippen molar-refractivity contribution in [3.63, 3.8) is 0 Å². The van der Waals surface area contributed by atoms with Crippen LogP contribution in [0.5, 0.6) is 5.75 Å². The van der Waals surface area contributed by atoms with Crippen molar-refractivity contribution in [1.29, 1.82) is 0 Å². The van der Waals surface area contributed by atoms with E-state index < -0.39 is 10.0 Å². The average molecular weight is 528 g/mol. The Morgan fingerprint density at radius 3 is 2.33 bits per heavy atom. The molecule has 0 aliphatic carbocycles. The number of benzene rings is 3. The first-order valence-corrected chi connectivity index (χ1v) is 14.1. The number of rotatable bonds is 10. The van der Waals surface area contributed by atoms with Crippen molar-refractivity contribution in [2.75, 3.05) is 58.3 Å². The first-order valence-electron chi connectivity index (χ1n) is 12.3. The summed E-state index contributed by atoms with van der Waals surface area (Å²) in [6.07, 6.45) is 0.837. The molecule has 0 spiro atoms. The molecule has 1 heterocycles. The zero-order valence-electron chi connectivity index (χ0n) is 20.9. The van der Waals surface area contributed by atoms with Gasteiger partial charge in [-0.1, -0.05) is 54.1 Å². The van der Waals surface area contributed by atoms with E-state index in [2.05, 4.69) is 15.9 Å². The molecule has 1 aliphatic heterocycles. The molecule has 1 atom stereocenters. The van der Waals surface area contributed by atoms with Gasteiger partial charge in [-0.3, -0.25) is 4.90 Å². The zero-order chi connectivity index (χ0) is 25.5. The molecule has 1 fully saturated rings. The minimum Gasteiger partial charge on any atom is -0.495 e. The Hall–Kier alpha value is -2.58. The van der Waals surface area contributed by atoms with Crippen molar-refractivity contribution >= 4 is 27.3 Å². The number of likely N-dealkylation sites (N-methyl/N-ethyl adjacent to an activating group) is 1. The minimum absolute atomic E-state index is 0.0273. The third kappa shape index (κ3) is 6.40. The Balaban J connectivity index is 1.42. The molecule has 8 heteroatoms. The topological polar surface area (TPSA) is 53.1 Å². The predicted octanol–water partition coefficient (Wildman–Crippen LogP) is 4.97. The fraction of sp³-hybridized carbons (Fsp3) is 0.357. The number of halogens is 1. The lowest BCUT2D eigenvalue weighted by molar-refractivity contribution is 0.243. The number of para-hydroxylation sites is 2. The van der Waals surface area contributed by atoms with Crippen LogP contribution in [0.3, 0.4) is 0 Å². The van der Waals surface area contributed by atoms with Crippen molar-refractivity contribution in [1.82, 2.24) is 9.21 Å². The Kier molecular flexibility index (Phi) is 8.90. The van der Waals surface area contributed by atoms with Gasteiger partial charge >= 0.3 is 0 Å². The number of nitrogens with zero attached hydrogens (tertiary/aromatic N) is 3. The Morgan fingerprint density at radius 2 is 1.64 bits per heavy atom. The number of methoxy groups -OCH3 is 1. The van der Waals surface area contributed by atoms with Crippen LogP contribution in [0.4, 0.5) is 5.69 Å². The molecule has 1 saturated heterocycles. The number of ether oxygens (including phenoxy) is 1. The van der Waals surface area contributed by atoms with Crippen molar-refractivity contribution in [3.05, 3.63) is 89.4 Å². The summed E-state index contributed by atoms with van der Waals surface area (Å²) in [5, 5.41) is 0.663. The summed E-state index contributed by atoms with van der Waals surface area (Å²) in [5.41, 5.74) is 2.19. The van der Waals surface area contributed by atoms with Crippen LogP contribution in [0.2, 0.25) is 5.02 Å². The summed E-state index contributed by atoms with van der Waals surface area (Å²) < 4.78 is 33.3. The number of sulfonamides is 1. The largest absolute Gasteiger partial charge is 0.495 e. The standard InChI is InChI=1S/C28H34ClN3O3S/c1-30(36(33,34)26-11-4-3-5-12-26)22-24(23-9-8-10-25(29)21-23)15-16-31-17-19-32(20-18-31)27-13-6-7-14-28(27)35-2/h3-14,21,24H,15-20,22H2,1-2H3/t24-/m1/s1. The SMILES string of the molecule is COc1ccccc1N1CCN(CC[C@H](CN(C)S(=O)(=O)c2ccccc2)c2cccc(Cl)c2)CC1. The summed E-state index contributed by atoms with van der Waals surface area (Å²) >= 11 is 6.30. The molecule has 0 N–H and O–H groups in total. The predicted molar refractivity (Wildman–Crippen MR) is 147 cm³/mol. The second kappa shape index (κ2) is 12.1. The van der Waals surface area contributed by atoms with Crippen LogP contribution in [0.25, 0.3) is 0 Å². The zero-order valence-corrected chi connectivity index (χ0v) is 22.5. The Morgan fingerprint density at radius 1 is 0.944 bits per heavy atom. The third-order valence-corrected chi connectivity index (χ3v) is 8.91. The van der Waals surface area contributed by atoms with Gasteiger partial charge in [-0.2, -0.15) is 0 Å². The third-order valence-electron chi connectivity index (χ3n) is 6.84. The smallest absolute Gasteiger partial charge is 0.242 e. The van der Waals surface area contributed by atoms with Gasteiger partial charge < -0.3 is 9.64 Å². The summed E-state index contributed by atoms with van der Waals surface area (Å²) in [7, 11) is -0.205. The fourth-order valence-corrected chi connectivity index (χ4v) is 6.18. The van der Waals surface area contributed by atoms with E-state index in [0.717, 1.165) is 56.1 Å². The second-order valence-electron chi connectivity index (χ2n) is 9.14. The van der Waals surface area contributed by atoms with E-state index in [-0.39, 0.29) is 5.92 Å². The van der Waals surface area contributed by atoms with E-state index >= 15 is 0 Å². The van der Waals surface area contributed by atoms with Gasteiger partial charge in [0.2, 0.25) is 10.0 Å². The molecule has 0 unspecified atom stereocenters. The molecule has 0 bridgehead atoms. The second-order valence-corrected chi connectivity index (χ2v) is 11.6. The molecule has 0 saturated carbocycles. The van der Waals surface area contributed by atoms with Crippen LogP contribution < -0.4 is 9.64 Å². The highest BCUT2D eigenvalue weighted by Gasteiger charge is 2.26. The molecular formula is C28H34ClN3O3S. The molecule has 4 rings (SSSR count). The Bertz CT molecular complexity index is 1230. The Labute approximate surface area is 220 Å². The van der Waals surface area contributed by atoms with E-state index in [0.29, 0.717) is 16.5 Å². The highest BCUT2D eigenvalue weighted by molar-refractivity contribution is 7.89. The number of anilines is 1. The number of hydrogen-bond acceptors (Lipinski definition) is 5. The maximum Gasteiger partial charge on any atom is 0.242 e. The van der Waals surface area contributed by atoms with E-state index in [1.54, 1.807) is 38.4 Å². The van der Waals surface area contributed by atoms with Gasteiger partial charge in [0.05, 0.1) is 17.7 Å². The molecule has 0 aromatic heterocycles. The maximum atomic E-state index is 13.2. The summed E-state index contributed by atoms with van der Waals surface area (Å²) in [5.74, 6) is 0.925. The van der Waals surface area contributed by atoms with Crippen molar-refractivity contribution < 1.29 is 13.2 Å². The van der Waals surface area contributed by atoms with E-state index in [9.17, 15) is 8.42 Å². The molecule has 36 heavy (non-hydrogen) atoms. The van der Waals surface area contributed by atoms with E-state index in [1.165, 1.54) is 4.31 Å². The van der Waals surface area contributed by atoms with Crippen molar-refractivity contribution in [2.24, 2.45) is 0 Å². The van der Waals surface area contributed by atoms with Crippen LogP contribution in [-0.4, -0.2) is 71.0 Å². The van der Waals surface area contributed by atoms with Gasteiger partial charge in [-0.15, -0.1) is 0 Å². The minimum atomic E-state index is -3.57. The van der Waals surface area contributed by atoms with Gasteiger partial charge in [0, 0.05) is 44.8 Å². The first kappa shape index (κ1) is 26.5. The van der Waals surface area contributed by atoms with Crippen molar-refractivity contribution in [2.45, 2.75) is 17.2 Å². The lowest BCUT2D eigenvalue weighted by Crippen LogP contribution is -2.47. The van der Waals surface area contributed by atoms with Gasteiger partial charge in [-0.25, -0.2) is 12.7 Å². The lowest BCUT2D eigenvalue weighted by atomic mass is 9.95. The number of hydrogen-bond donors (Lipinski definition) is 0. The summed E-state index contributed by atoms with van der Waals surface area (Å²) in [4.78, 5) is 5.13. The molecule has 6 nitrogen and oxygen atoms in total. The van der Waals surface area contributed by atoms with Gasteiger partial charge in [0.1, 0.15) is 5.75 Å². The van der Waals surface area contributed by atoms with Crippen LogP contribution in [-0.2, 0) is 10.0 Å². The highest BCUT2D eigenvalue weighted by atomic mass is 35.5. The van der Waals surface area contributed by atoms with Crippen LogP contribution >= 0.6 is 11.6 Å². The monoisotopic (exact) mass is 527 g/mol. The number of piperazine rings is 1. The molecule has 3 aromatic rings. The maximum absolute atomic E-state index is 13.2. The molecule has 192 valence electrons.